The molecule has 0 aromatic heterocycles. The summed E-state index contributed by atoms with van der Waals surface area (Å²) in [6, 6.07) is -0.855. The molecule has 7 atom stereocenters. The average Bonchev–Trinajstić information content (AvgIpc) is 3.22. The molecule has 1 saturated heterocycles. The van der Waals surface area contributed by atoms with Gasteiger partial charge in [0, 0.05) is 6.42 Å². The second-order valence-electron chi connectivity index (χ2n) is 17.0. The van der Waals surface area contributed by atoms with E-state index in [4.69, 9.17) is 9.47 Å². The van der Waals surface area contributed by atoms with E-state index < -0.39 is 59.9 Å². The first-order valence-corrected chi connectivity index (χ1v) is 25.6. The third kappa shape index (κ3) is 30.6. The molecule has 1 fully saturated rings. The minimum Gasteiger partial charge on any atom is -0.394 e. The van der Waals surface area contributed by atoms with Crippen molar-refractivity contribution in [1.29, 1.82) is 0 Å². The first-order chi connectivity index (χ1) is 29.0. The Hall–Kier alpha value is -1.42. The number of rotatable bonds is 41. The fraction of sp³-hybridized carbons (Fsp3) is 0.894. The third-order valence-electron chi connectivity index (χ3n) is 11.5. The van der Waals surface area contributed by atoms with Crippen LogP contribution >= 0.6 is 0 Å². The summed E-state index contributed by atoms with van der Waals surface area (Å²) in [5.41, 5.74) is 0. The van der Waals surface area contributed by atoms with Crippen LogP contribution in [0.2, 0.25) is 0 Å². The van der Waals surface area contributed by atoms with Gasteiger partial charge >= 0.3 is 10.4 Å². The van der Waals surface area contributed by atoms with Gasteiger partial charge in [-0.2, -0.15) is 8.42 Å². The number of aliphatic hydroxyl groups is 4. The Morgan fingerprint density at radius 3 is 1.67 bits per heavy atom. The van der Waals surface area contributed by atoms with Crippen LogP contribution in [0.25, 0.3) is 0 Å². The topological polar surface area (TPSA) is 192 Å². The van der Waals surface area contributed by atoms with Gasteiger partial charge in [-0.15, -0.1) is 0 Å². The summed E-state index contributed by atoms with van der Waals surface area (Å²) in [6.45, 7) is 3.34. The van der Waals surface area contributed by atoms with Crippen LogP contribution in [0.15, 0.2) is 24.3 Å². The standard InChI is InChI=1S/C47H89NO11S/c1-3-5-7-9-11-13-15-17-18-19-20-21-22-23-24-25-27-29-31-33-35-37-43(51)48-40(41(50)36-34-32-30-28-26-16-14-12-10-8-6-4-2)39-57-47-45(53)46(59-60(54,55)56)44(52)42(38-49)58-47/h5,7,11,13,40-42,44-47,49-50,52-53H,3-4,6,8-10,12,14-39H2,1-2H3,(H,48,51)(H,54,55,56)/b7-5-,13-11-. The summed E-state index contributed by atoms with van der Waals surface area (Å²) in [5, 5.41) is 44.8. The molecule has 60 heavy (non-hydrogen) atoms. The van der Waals surface area contributed by atoms with E-state index in [-0.39, 0.29) is 12.5 Å². The second-order valence-corrected chi connectivity index (χ2v) is 18.1. The summed E-state index contributed by atoms with van der Waals surface area (Å²) in [6.07, 6.45) is 34.7. The summed E-state index contributed by atoms with van der Waals surface area (Å²) < 4.78 is 47.7. The van der Waals surface area contributed by atoms with Crippen molar-refractivity contribution in [2.24, 2.45) is 0 Å². The highest BCUT2D eigenvalue weighted by atomic mass is 32.3. The Morgan fingerprint density at radius 2 is 1.17 bits per heavy atom. The maximum Gasteiger partial charge on any atom is 0.397 e. The van der Waals surface area contributed by atoms with E-state index in [0.717, 1.165) is 64.2 Å². The number of ether oxygens (including phenoxy) is 2. The summed E-state index contributed by atoms with van der Waals surface area (Å²) in [7, 11) is -5.07. The van der Waals surface area contributed by atoms with Gasteiger partial charge in [-0.1, -0.05) is 192 Å². The van der Waals surface area contributed by atoms with Crippen LogP contribution in [-0.4, -0.2) is 95.4 Å². The van der Waals surface area contributed by atoms with Gasteiger partial charge < -0.3 is 35.2 Å². The van der Waals surface area contributed by atoms with Gasteiger partial charge in [-0.05, 0) is 38.5 Å². The van der Waals surface area contributed by atoms with Crippen LogP contribution in [0, 0.1) is 0 Å². The minimum absolute atomic E-state index is 0.231. The molecular weight excluding hydrogens is 787 g/mol. The van der Waals surface area contributed by atoms with Crippen molar-refractivity contribution in [3.05, 3.63) is 24.3 Å². The minimum atomic E-state index is -5.07. The van der Waals surface area contributed by atoms with Crippen molar-refractivity contribution in [2.75, 3.05) is 13.2 Å². The van der Waals surface area contributed by atoms with Crippen molar-refractivity contribution < 1.29 is 51.8 Å². The highest BCUT2D eigenvalue weighted by molar-refractivity contribution is 7.80. The molecule has 0 aromatic rings. The molecule has 1 aliphatic heterocycles. The first-order valence-electron chi connectivity index (χ1n) is 24.2. The Labute approximate surface area is 365 Å². The van der Waals surface area contributed by atoms with E-state index in [1.54, 1.807) is 0 Å². The lowest BCUT2D eigenvalue weighted by Gasteiger charge is -2.41. The molecule has 1 rings (SSSR count). The SMILES string of the molecule is CC/C=C\C/C=C\CCCCCCCCCCCCCCCCC(=O)NC(COC1OC(CO)C(O)C(OS(=O)(=O)O)C1O)C(O)CCCCCCCCCCCCCC. The number of aliphatic hydroxyl groups excluding tert-OH is 4. The highest BCUT2D eigenvalue weighted by Crippen LogP contribution is 2.26. The fourth-order valence-corrected chi connectivity index (χ4v) is 8.30. The molecule has 0 radical (unpaired) electrons. The Balaban J connectivity index is 2.41. The molecule has 0 bridgehead atoms. The van der Waals surface area contributed by atoms with Gasteiger partial charge in [0.1, 0.15) is 24.4 Å². The monoisotopic (exact) mass is 876 g/mol. The van der Waals surface area contributed by atoms with Crippen LogP contribution in [0.5, 0.6) is 0 Å². The first kappa shape index (κ1) is 56.6. The number of hydrogen-bond donors (Lipinski definition) is 6. The summed E-state index contributed by atoms with van der Waals surface area (Å²) >= 11 is 0. The molecule has 1 amide bonds. The molecule has 0 spiro atoms. The molecule has 7 unspecified atom stereocenters. The van der Waals surface area contributed by atoms with E-state index in [1.165, 1.54) is 122 Å². The van der Waals surface area contributed by atoms with Crippen molar-refractivity contribution in [2.45, 2.75) is 256 Å². The van der Waals surface area contributed by atoms with Gasteiger partial charge in [0.15, 0.2) is 6.29 Å². The predicted molar refractivity (Wildman–Crippen MR) is 241 cm³/mol. The zero-order valence-corrected chi connectivity index (χ0v) is 38.6. The van der Waals surface area contributed by atoms with Crippen LogP contribution in [0.1, 0.15) is 213 Å². The largest absolute Gasteiger partial charge is 0.397 e. The lowest BCUT2D eigenvalue weighted by Crippen LogP contribution is -2.61. The lowest BCUT2D eigenvalue weighted by atomic mass is 9.99. The molecule has 0 saturated carbocycles. The quantitative estimate of drug-likeness (QED) is 0.0195. The molecule has 1 heterocycles. The number of carbonyl (C=O) groups excluding carboxylic acids is 1. The molecule has 0 aromatic carbocycles. The van der Waals surface area contributed by atoms with Gasteiger partial charge in [0.25, 0.3) is 0 Å². The average molecular weight is 876 g/mol. The Bertz CT molecular complexity index is 1170. The molecule has 354 valence electrons. The second kappa shape index (κ2) is 38.1. The zero-order chi connectivity index (χ0) is 44.1. The smallest absolute Gasteiger partial charge is 0.394 e. The Kier molecular flexibility index (Phi) is 35.9. The maximum absolute atomic E-state index is 13.1. The van der Waals surface area contributed by atoms with Gasteiger partial charge in [0.2, 0.25) is 5.91 Å². The van der Waals surface area contributed by atoms with Crippen molar-refractivity contribution in [1.82, 2.24) is 5.32 Å². The lowest BCUT2D eigenvalue weighted by molar-refractivity contribution is -0.298. The van der Waals surface area contributed by atoms with Crippen molar-refractivity contribution >= 4 is 16.3 Å². The van der Waals surface area contributed by atoms with E-state index in [0.29, 0.717) is 12.8 Å². The van der Waals surface area contributed by atoms with E-state index >= 15 is 0 Å². The van der Waals surface area contributed by atoms with Crippen molar-refractivity contribution in [3.8, 4) is 0 Å². The van der Waals surface area contributed by atoms with Crippen LogP contribution in [-0.2, 0) is 28.9 Å². The molecule has 12 nitrogen and oxygen atoms in total. The number of nitrogens with one attached hydrogen (secondary N) is 1. The van der Waals surface area contributed by atoms with Crippen LogP contribution in [0.4, 0.5) is 0 Å². The normalized spacial score (nSPS) is 20.9. The van der Waals surface area contributed by atoms with E-state index in [1.807, 2.05) is 0 Å². The summed E-state index contributed by atoms with van der Waals surface area (Å²) in [4.78, 5) is 13.1. The van der Waals surface area contributed by atoms with Gasteiger partial charge in [0.05, 0.1) is 25.4 Å². The van der Waals surface area contributed by atoms with E-state index in [2.05, 4.69) is 47.7 Å². The summed E-state index contributed by atoms with van der Waals surface area (Å²) in [5.74, 6) is -0.231. The van der Waals surface area contributed by atoms with E-state index in [9.17, 15) is 38.2 Å². The van der Waals surface area contributed by atoms with Gasteiger partial charge in [-0.3, -0.25) is 9.35 Å². The number of hydrogen-bond acceptors (Lipinski definition) is 10. The molecule has 1 aliphatic rings. The number of amides is 1. The van der Waals surface area contributed by atoms with Crippen LogP contribution in [0.3, 0.4) is 0 Å². The maximum atomic E-state index is 13.1. The zero-order valence-electron chi connectivity index (χ0n) is 37.8. The third-order valence-corrected chi connectivity index (χ3v) is 12.0. The molecule has 6 N–H and O–H groups in total. The molecular formula is C47H89NO11S. The number of unbranched alkanes of at least 4 members (excludes halogenated alkanes) is 25. The van der Waals surface area contributed by atoms with Crippen LogP contribution < -0.4 is 5.32 Å². The number of carbonyl (C=O) groups is 1. The Morgan fingerprint density at radius 1 is 0.683 bits per heavy atom. The molecule has 13 heteroatoms. The molecule has 0 aliphatic carbocycles. The number of allylic oxidation sites excluding steroid dienone is 4. The predicted octanol–water partition coefficient (Wildman–Crippen LogP) is 9.72. The van der Waals surface area contributed by atoms with Gasteiger partial charge in [-0.25, -0.2) is 4.18 Å². The van der Waals surface area contributed by atoms with Crippen molar-refractivity contribution in [3.63, 3.8) is 0 Å². The fourth-order valence-electron chi connectivity index (χ4n) is 7.79. The highest BCUT2D eigenvalue weighted by Gasteiger charge is 2.48.